The lowest BCUT2D eigenvalue weighted by Crippen LogP contribution is -2.13. The molecule has 0 aliphatic heterocycles. The summed E-state index contributed by atoms with van der Waals surface area (Å²) >= 11 is 0. The maximum Gasteiger partial charge on any atom is 0.154 e. The fourth-order valence-corrected chi connectivity index (χ4v) is 0.972. The zero-order chi connectivity index (χ0) is 9.10. The van der Waals surface area contributed by atoms with Gasteiger partial charge in [0.05, 0.1) is 0 Å². The van der Waals surface area contributed by atoms with Crippen molar-refractivity contribution in [3.8, 4) is 0 Å². The summed E-state index contributed by atoms with van der Waals surface area (Å²) in [6.07, 6.45) is 4.40. The maximum atomic E-state index is 8.87. The van der Waals surface area contributed by atoms with Gasteiger partial charge in [0.2, 0.25) is 0 Å². The molecule has 0 spiro atoms. The number of hydrogen-bond donors (Lipinski definition) is 1. The van der Waals surface area contributed by atoms with Crippen LogP contribution in [-0.4, -0.2) is 34.6 Å². The highest BCUT2D eigenvalue weighted by Gasteiger charge is 2.02. The van der Waals surface area contributed by atoms with Crippen LogP contribution in [0.5, 0.6) is 0 Å². The molecule has 1 N–H and O–H groups in total. The fourth-order valence-electron chi connectivity index (χ4n) is 0.972. The average Bonchev–Trinajstić information content (AvgIpc) is 2.76. The Morgan fingerprint density at radius 1 is 1.31 bits per heavy atom. The van der Waals surface area contributed by atoms with E-state index >= 15 is 0 Å². The minimum Gasteiger partial charge on any atom is -0.388 e. The molecule has 2 aromatic rings. The quantitative estimate of drug-likeness (QED) is 0.646. The Bertz CT molecular complexity index is 366. The van der Waals surface area contributed by atoms with Crippen LogP contribution in [-0.2, 0) is 13.3 Å². The summed E-state index contributed by atoms with van der Waals surface area (Å²) in [5.74, 6) is 0.510. The van der Waals surface area contributed by atoms with Crippen LogP contribution in [0.1, 0.15) is 5.82 Å². The van der Waals surface area contributed by atoms with E-state index in [1.807, 2.05) is 0 Å². The molecule has 0 saturated heterocycles. The number of nitrogens with zero attached hydrogens (tertiary/aromatic N) is 6. The van der Waals surface area contributed by atoms with Crippen LogP contribution in [0.15, 0.2) is 19.0 Å². The van der Waals surface area contributed by atoms with Crippen molar-refractivity contribution < 1.29 is 5.11 Å². The molecule has 0 amide bonds. The van der Waals surface area contributed by atoms with Gasteiger partial charge < -0.3 is 5.11 Å². The van der Waals surface area contributed by atoms with Crippen molar-refractivity contribution in [1.82, 2.24) is 29.5 Å². The second kappa shape index (κ2) is 3.31. The second-order valence-corrected chi connectivity index (χ2v) is 2.41. The first kappa shape index (κ1) is 7.87. The molecule has 0 unspecified atom stereocenters. The average molecular weight is 180 g/mol. The van der Waals surface area contributed by atoms with E-state index in [1.165, 1.54) is 12.7 Å². The van der Waals surface area contributed by atoms with Gasteiger partial charge in [-0.1, -0.05) is 0 Å². The van der Waals surface area contributed by atoms with Crippen molar-refractivity contribution in [3.05, 3.63) is 24.8 Å². The van der Waals surface area contributed by atoms with Gasteiger partial charge in [0, 0.05) is 0 Å². The molecular weight excluding hydrogens is 172 g/mol. The van der Waals surface area contributed by atoms with Gasteiger partial charge in [0.25, 0.3) is 0 Å². The Kier molecular flexibility index (Phi) is 2.01. The van der Waals surface area contributed by atoms with Gasteiger partial charge in [-0.25, -0.2) is 19.3 Å². The zero-order valence-corrected chi connectivity index (χ0v) is 6.78. The Morgan fingerprint density at radius 2 is 2.23 bits per heavy atom. The van der Waals surface area contributed by atoms with Gasteiger partial charge >= 0.3 is 0 Å². The summed E-state index contributed by atoms with van der Waals surface area (Å²) in [5.41, 5.74) is 0. The third-order valence-electron chi connectivity index (χ3n) is 1.58. The lowest BCUT2D eigenvalue weighted by molar-refractivity contribution is 0.260. The maximum absolute atomic E-state index is 8.87. The lowest BCUT2D eigenvalue weighted by Gasteiger charge is -2.02. The molecule has 7 nitrogen and oxygen atoms in total. The van der Waals surface area contributed by atoms with Gasteiger partial charge in [0.15, 0.2) is 5.82 Å². The number of aliphatic hydroxyl groups excluding tert-OH is 1. The molecule has 13 heavy (non-hydrogen) atoms. The number of hydrogen-bond acceptors (Lipinski definition) is 5. The molecule has 2 heterocycles. The van der Waals surface area contributed by atoms with E-state index in [-0.39, 0.29) is 6.61 Å². The van der Waals surface area contributed by atoms with Crippen molar-refractivity contribution in [3.63, 3.8) is 0 Å². The topological polar surface area (TPSA) is 81.7 Å². The monoisotopic (exact) mass is 180 g/mol. The third kappa shape index (κ3) is 1.54. The first-order chi connectivity index (χ1) is 6.40. The Balaban J connectivity index is 2.18. The molecule has 68 valence electrons. The Morgan fingerprint density at radius 3 is 2.92 bits per heavy atom. The zero-order valence-electron chi connectivity index (χ0n) is 6.78. The first-order valence-electron chi connectivity index (χ1n) is 3.70. The molecule has 0 radical (unpaired) electrons. The van der Waals surface area contributed by atoms with E-state index < -0.39 is 0 Å². The molecule has 0 bridgehead atoms. The van der Waals surface area contributed by atoms with Crippen LogP contribution in [0, 0.1) is 0 Å². The number of aliphatic hydroxyl groups is 1. The summed E-state index contributed by atoms with van der Waals surface area (Å²) in [4.78, 5) is 7.64. The SMILES string of the molecule is OCc1ncnn1Cn1cncn1. The summed E-state index contributed by atoms with van der Waals surface area (Å²) in [7, 11) is 0. The van der Waals surface area contributed by atoms with Crippen molar-refractivity contribution in [2.45, 2.75) is 13.3 Å². The van der Waals surface area contributed by atoms with Crippen molar-refractivity contribution in [2.24, 2.45) is 0 Å². The molecule has 2 rings (SSSR count). The summed E-state index contributed by atoms with van der Waals surface area (Å²) in [6, 6.07) is 0. The predicted molar refractivity (Wildman–Crippen MR) is 41.4 cm³/mol. The molecule has 7 heteroatoms. The molecule has 0 aromatic carbocycles. The Labute approximate surface area is 73.7 Å². The summed E-state index contributed by atoms with van der Waals surface area (Å²) < 4.78 is 3.14. The van der Waals surface area contributed by atoms with Crippen LogP contribution in [0.4, 0.5) is 0 Å². The largest absolute Gasteiger partial charge is 0.388 e. The molecule has 0 saturated carbocycles. The minimum atomic E-state index is -0.130. The van der Waals surface area contributed by atoms with Gasteiger partial charge in [-0.2, -0.15) is 10.2 Å². The van der Waals surface area contributed by atoms with Gasteiger partial charge in [0.1, 0.15) is 32.3 Å². The molecule has 0 fully saturated rings. The first-order valence-corrected chi connectivity index (χ1v) is 3.70. The van der Waals surface area contributed by atoms with Crippen molar-refractivity contribution >= 4 is 0 Å². The van der Waals surface area contributed by atoms with E-state index in [4.69, 9.17) is 5.11 Å². The predicted octanol–water partition coefficient (Wildman–Crippen LogP) is -1.13. The molecule has 2 aromatic heterocycles. The van der Waals surface area contributed by atoms with Crippen molar-refractivity contribution in [1.29, 1.82) is 0 Å². The summed E-state index contributed by atoms with van der Waals surface area (Å²) in [6.45, 7) is 0.282. The van der Waals surface area contributed by atoms with Crippen LogP contribution in [0.25, 0.3) is 0 Å². The second-order valence-electron chi connectivity index (χ2n) is 2.41. The van der Waals surface area contributed by atoms with E-state index in [2.05, 4.69) is 20.2 Å². The van der Waals surface area contributed by atoms with Crippen LogP contribution in [0.3, 0.4) is 0 Å². The minimum absolute atomic E-state index is 0.130. The van der Waals surface area contributed by atoms with E-state index in [0.717, 1.165) is 0 Å². The summed E-state index contributed by atoms with van der Waals surface area (Å²) in [5, 5.41) is 16.7. The number of rotatable bonds is 3. The third-order valence-corrected chi connectivity index (χ3v) is 1.58. The van der Waals surface area contributed by atoms with E-state index in [9.17, 15) is 0 Å². The lowest BCUT2D eigenvalue weighted by atomic mass is 10.6. The van der Waals surface area contributed by atoms with Crippen LogP contribution in [0.2, 0.25) is 0 Å². The van der Waals surface area contributed by atoms with E-state index in [0.29, 0.717) is 12.5 Å². The van der Waals surface area contributed by atoms with Crippen LogP contribution < -0.4 is 0 Å². The van der Waals surface area contributed by atoms with E-state index in [1.54, 1.807) is 15.7 Å². The number of aromatic nitrogens is 6. The highest BCUT2D eigenvalue weighted by molar-refractivity contribution is 4.80. The van der Waals surface area contributed by atoms with Gasteiger partial charge in [-0.3, -0.25) is 0 Å². The molecular formula is C6H8N6O. The Hall–Kier alpha value is -1.76. The normalized spacial score (nSPS) is 10.5. The smallest absolute Gasteiger partial charge is 0.154 e. The molecule has 0 aliphatic carbocycles. The highest BCUT2D eigenvalue weighted by Crippen LogP contribution is 1.93. The highest BCUT2D eigenvalue weighted by atomic mass is 16.3. The van der Waals surface area contributed by atoms with Crippen molar-refractivity contribution in [2.75, 3.05) is 0 Å². The van der Waals surface area contributed by atoms with Gasteiger partial charge in [-0.15, -0.1) is 0 Å². The fraction of sp³-hybridized carbons (Fsp3) is 0.333. The standard InChI is InChI=1S/C6H8N6O/c13-1-6-8-3-10-12(6)5-11-4-7-2-9-11/h2-4,13H,1,5H2. The van der Waals surface area contributed by atoms with Crippen LogP contribution >= 0.6 is 0 Å². The molecule has 0 atom stereocenters. The molecule has 0 aliphatic rings. The van der Waals surface area contributed by atoms with Gasteiger partial charge in [-0.05, 0) is 0 Å².